The fourth-order valence-electron chi connectivity index (χ4n) is 2.66. The minimum Gasteiger partial charge on any atom is -0.389 e. The summed E-state index contributed by atoms with van der Waals surface area (Å²) in [5.41, 5.74) is 4.03. The van der Waals surface area contributed by atoms with Crippen LogP contribution in [0.1, 0.15) is 41.5 Å². The number of nitrogens with zero attached hydrogens (tertiary/aromatic N) is 1. The zero-order valence-electron chi connectivity index (χ0n) is 18.0. The third-order valence-corrected chi connectivity index (χ3v) is 4.32. The number of benzene rings is 2. The van der Waals surface area contributed by atoms with Gasteiger partial charge in [-0.15, -0.1) is 0 Å². The molecule has 180 valence electrons. The normalized spacial score (nSPS) is 13.5. The first kappa shape index (κ1) is 26.0. The Morgan fingerprint density at radius 1 is 1.12 bits per heavy atom. The van der Waals surface area contributed by atoms with Crippen molar-refractivity contribution in [3.05, 3.63) is 64.7 Å². The molecule has 0 radical (unpaired) electrons. The zero-order valence-corrected chi connectivity index (χ0v) is 18.0. The standard InChI is InChI=1S/C21H24F5N5O2/c1-20(2,33)10-29-19(31-18(32)11-4-7-14(22)15(23)8-11)30-17(27)13-6-5-12(21(24,25)26)9-16(13)28-3/h4-9,17,28,33H,10,27H2,1-3H3,(H2,29,30,31,32). The second-order valence-corrected chi connectivity index (χ2v) is 7.73. The van der Waals surface area contributed by atoms with Crippen LogP contribution < -0.4 is 21.7 Å². The number of hydrogen-bond donors (Lipinski definition) is 5. The van der Waals surface area contributed by atoms with Crippen LogP contribution in [0.3, 0.4) is 0 Å². The summed E-state index contributed by atoms with van der Waals surface area (Å²) in [7, 11) is 1.42. The third-order valence-electron chi connectivity index (χ3n) is 4.32. The van der Waals surface area contributed by atoms with Gasteiger partial charge in [0, 0.05) is 23.9 Å². The van der Waals surface area contributed by atoms with Crippen molar-refractivity contribution in [2.45, 2.75) is 31.8 Å². The van der Waals surface area contributed by atoms with E-state index in [2.05, 4.69) is 20.9 Å². The highest BCUT2D eigenvalue weighted by Crippen LogP contribution is 2.33. The van der Waals surface area contributed by atoms with Gasteiger partial charge in [-0.3, -0.25) is 10.1 Å². The number of hydrogen-bond acceptors (Lipinski definition) is 5. The summed E-state index contributed by atoms with van der Waals surface area (Å²) in [5, 5.41) is 17.6. The van der Waals surface area contributed by atoms with Crippen LogP contribution in [-0.2, 0) is 6.18 Å². The molecule has 0 heterocycles. The average molecular weight is 473 g/mol. The Hall–Kier alpha value is -3.25. The van der Waals surface area contributed by atoms with Crippen LogP contribution in [-0.4, -0.2) is 36.2 Å². The lowest BCUT2D eigenvalue weighted by atomic mass is 10.1. The number of guanidine groups is 1. The van der Waals surface area contributed by atoms with Crippen LogP contribution in [0.4, 0.5) is 27.6 Å². The molecule has 7 nitrogen and oxygen atoms in total. The molecule has 2 aromatic carbocycles. The Bertz CT molecular complexity index is 1030. The number of carbonyl (C=O) groups excluding carboxylic acids is 1. The largest absolute Gasteiger partial charge is 0.416 e. The van der Waals surface area contributed by atoms with Gasteiger partial charge < -0.3 is 21.5 Å². The number of alkyl halides is 3. The Morgan fingerprint density at radius 3 is 2.33 bits per heavy atom. The maximum absolute atomic E-state index is 13.5. The molecule has 0 bridgehead atoms. The number of halogens is 5. The van der Waals surface area contributed by atoms with Crippen molar-refractivity contribution in [3.8, 4) is 0 Å². The Kier molecular flexibility index (Phi) is 7.98. The quantitative estimate of drug-likeness (QED) is 0.192. The molecule has 0 fully saturated rings. The highest BCUT2D eigenvalue weighted by atomic mass is 19.4. The first-order chi connectivity index (χ1) is 15.2. The maximum atomic E-state index is 13.5. The molecule has 2 rings (SSSR count). The number of amides is 1. The van der Waals surface area contributed by atoms with Crippen LogP contribution in [0, 0.1) is 11.6 Å². The average Bonchev–Trinajstić information content (AvgIpc) is 2.72. The fourth-order valence-corrected chi connectivity index (χ4v) is 2.66. The van der Waals surface area contributed by atoms with E-state index in [0.29, 0.717) is 6.07 Å². The zero-order chi connectivity index (χ0) is 25.0. The second-order valence-electron chi connectivity index (χ2n) is 7.73. The number of anilines is 1. The van der Waals surface area contributed by atoms with Crippen molar-refractivity contribution < 1.29 is 31.9 Å². The number of aliphatic hydroxyl groups is 1. The van der Waals surface area contributed by atoms with Crippen molar-refractivity contribution in [1.29, 1.82) is 0 Å². The van der Waals surface area contributed by atoms with Crippen LogP contribution >= 0.6 is 0 Å². The summed E-state index contributed by atoms with van der Waals surface area (Å²) in [6, 6.07) is 5.41. The molecule has 1 amide bonds. The van der Waals surface area contributed by atoms with Crippen molar-refractivity contribution >= 4 is 17.6 Å². The maximum Gasteiger partial charge on any atom is 0.416 e. The van der Waals surface area contributed by atoms with Gasteiger partial charge in [0.2, 0.25) is 0 Å². The minimum absolute atomic E-state index is 0.0820. The lowest BCUT2D eigenvalue weighted by Gasteiger charge is -2.22. The van der Waals surface area contributed by atoms with E-state index in [1.165, 1.54) is 20.9 Å². The van der Waals surface area contributed by atoms with E-state index < -0.39 is 41.0 Å². The second kappa shape index (κ2) is 10.1. The van der Waals surface area contributed by atoms with Gasteiger partial charge in [-0.05, 0) is 44.2 Å². The highest BCUT2D eigenvalue weighted by Gasteiger charge is 2.31. The van der Waals surface area contributed by atoms with Crippen LogP contribution in [0.5, 0.6) is 0 Å². The summed E-state index contributed by atoms with van der Waals surface area (Å²) in [6.45, 7) is 2.73. The van der Waals surface area contributed by atoms with Gasteiger partial charge >= 0.3 is 6.18 Å². The smallest absolute Gasteiger partial charge is 0.389 e. The van der Waals surface area contributed by atoms with Gasteiger partial charge in [0.05, 0.1) is 17.7 Å². The monoisotopic (exact) mass is 473 g/mol. The fraction of sp³-hybridized carbons (Fsp3) is 0.333. The topological polar surface area (TPSA) is 112 Å². The number of nitrogens with one attached hydrogen (secondary N) is 3. The predicted molar refractivity (Wildman–Crippen MR) is 113 cm³/mol. The number of nitrogens with two attached hydrogens (primary N) is 1. The first-order valence-electron chi connectivity index (χ1n) is 9.65. The number of aliphatic imine (C=N–C) groups is 1. The minimum atomic E-state index is -4.56. The third kappa shape index (κ3) is 7.39. The molecular weight excluding hydrogens is 449 g/mol. The Morgan fingerprint density at radius 2 is 1.79 bits per heavy atom. The summed E-state index contributed by atoms with van der Waals surface area (Å²) in [6.07, 6.45) is -5.69. The van der Waals surface area contributed by atoms with E-state index in [-0.39, 0.29) is 29.3 Å². The van der Waals surface area contributed by atoms with Crippen molar-refractivity contribution in [2.75, 3.05) is 18.9 Å². The van der Waals surface area contributed by atoms with E-state index >= 15 is 0 Å². The highest BCUT2D eigenvalue weighted by molar-refractivity contribution is 6.05. The molecule has 0 aliphatic rings. The molecule has 0 spiro atoms. The van der Waals surface area contributed by atoms with E-state index in [0.717, 1.165) is 30.3 Å². The lowest BCUT2D eigenvalue weighted by molar-refractivity contribution is -0.137. The SMILES string of the molecule is CNc1cc(C(F)(F)F)ccc1C(N)NC(=NCC(C)(C)O)NC(=O)c1ccc(F)c(F)c1. The summed E-state index contributed by atoms with van der Waals surface area (Å²) < 4.78 is 65.6. The van der Waals surface area contributed by atoms with E-state index in [1.807, 2.05) is 0 Å². The van der Waals surface area contributed by atoms with Crippen LogP contribution in [0.15, 0.2) is 41.4 Å². The van der Waals surface area contributed by atoms with Crippen molar-refractivity contribution in [3.63, 3.8) is 0 Å². The van der Waals surface area contributed by atoms with Gasteiger partial charge in [-0.1, -0.05) is 6.07 Å². The molecule has 33 heavy (non-hydrogen) atoms. The Balaban J connectivity index is 2.31. The molecule has 1 atom stereocenters. The summed E-state index contributed by atoms with van der Waals surface area (Å²) in [4.78, 5) is 16.5. The van der Waals surface area contributed by atoms with Gasteiger partial charge in [0.15, 0.2) is 17.6 Å². The van der Waals surface area contributed by atoms with Crippen molar-refractivity contribution in [1.82, 2.24) is 10.6 Å². The first-order valence-corrected chi connectivity index (χ1v) is 9.65. The van der Waals surface area contributed by atoms with E-state index in [4.69, 9.17) is 5.73 Å². The molecule has 0 saturated heterocycles. The molecule has 2 aromatic rings. The van der Waals surface area contributed by atoms with Crippen LogP contribution in [0.2, 0.25) is 0 Å². The summed E-state index contributed by atoms with van der Waals surface area (Å²) in [5.74, 6) is -3.46. The lowest BCUT2D eigenvalue weighted by Crippen LogP contribution is -2.46. The van der Waals surface area contributed by atoms with Gasteiger partial charge in [-0.25, -0.2) is 13.8 Å². The van der Waals surface area contributed by atoms with Gasteiger partial charge in [0.1, 0.15) is 6.17 Å². The van der Waals surface area contributed by atoms with Gasteiger partial charge in [-0.2, -0.15) is 13.2 Å². The number of rotatable bonds is 6. The molecule has 0 aliphatic heterocycles. The Labute approximate surface area is 186 Å². The predicted octanol–water partition coefficient (Wildman–Crippen LogP) is 3.13. The van der Waals surface area contributed by atoms with E-state index in [9.17, 15) is 31.9 Å². The summed E-state index contributed by atoms with van der Waals surface area (Å²) >= 11 is 0. The molecule has 12 heteroatoms. The van der Waals surface area contributed by atoms with Crippen LogP contribution in [0.25, 0.3) is 0 Å². The van der Waals surface area contributed by atoms with Gasteiger partial charge in [0.25, 0.3) is 5.91 Å². The molecule has 0 aliphatic carbocycles. The van der Waals surface area contributed by atoms with E-state index in [1.54, 1.807) is 0 Å². The molecular formula is C21H24F5N5O2. The molecule has 1 unspecified atom stereocenters. The van der Waals surface area contributed by atoms with Crippen molar-refractivity contribution in [2.24, 2.45) is 10.7 Å². The molecule has 0 aromatic heterocycles. The number of carbonyl (C=O) groups is 1. The molecule has 0 saturated carbocycles. The molecule has 6 N–H and O–H groups in total.